The first-order valence-corrected chi connectivity index (χ1v) is 10.5. The van der Waals surface area contributed by atoms with Gasteiger partial charge in [-0.2, -0.15) is 0 Å². The SMILES string of the molecule is CC(C)N=C1S/C(=C\c2ccc3c(c2)CCCO3)C(=O)N1c1cccc(Cl)c1. The van der Waals surface area contributed by atoms with E-state index in [1.807, 2.05) is 44.2 Å². The van der Waals surface area contributed by atoms with Crippen molar-refractivity contribution >= 4 is 46.2 Å². The van der Waals surface area contributed by atoms with Gasteiger partial charge in [0.25, 0.3) is 5.91 Å². The first-order chi connectivity index (χ1) is 13.5. The first kappa shape index (κ1) is 19.1. The minimum atomic E-state index is -0.0827. The predicted octanol–water partition coefficient (Wildman–Crippen LogP) is 5.55. The second-order valence-corrected chi connectivity index (χ2v) is 8.50. The van der Waals surface area contributed by atoms with Gasteiger partial charge in [0.15, 0.2) is 5.17 Å². The number of hydrogen-bond donors (Lipinski definition) is 0. The summed E-state index contributed by atoms with van der Waals surface area (Å²) < 4.78 is 5.68. The maximum atomic E-state index is 13.2. The zero-order valence-corrected chi connectivity index (χ0v) is 17.4. The highest BCUT2D eigenvalue weighted by Crippen LogP contribution is 2.37. The number of hydrogen-bond acceptors (Lipinski definition) is 4. The molecule has 0 unspecified atom stereocenters. The fourth-order valence-electron chi connectivity index (χ4n) is 3.25. The van der Waals surface area contributed by atoms with Gasteiger partial charge in [-0.25, -0.2) is 0 Å². The lowest BCUT2D eigenvalue weighted by molar-refractivity contribution is -0.113. The Hall–Kier alpha value is -2.24. The Morgan fingerprint density at radius 3 is 2.89 bits per heavy atom. The number of rotatable bonds is 3. The van der Waals surface area contributed by atoms with Crippen molar-refractivity contribution in [3.05, 3.63) is 63.5 Å². The van der Waals surface area contributed by atoms with Crippen LogP contribution in [0.25, 0.3) is 6.08 Å². The number of nitrogens with zero attached hydrogens (tertiary/aromatic N) is 2. The Morgan fingerprint density at radius 2 is 2.11 bits per heavy atom. The number of anilines is 1. The summed E-state index contributed by atoms with van der Waals surface area (Å²) in [7, 11) is 0. The lowest BCUT2D eigenvalue weighted by atomic mass is 10.0. The smallest absolute Gasteiger partial charge is 0.271 e. The number of amidine groups is 1. The molecule has 1 saturated heterocycles. The number of fused-ring (bicyclic) bond motifs is 1. The fraction of sp³-hybridized carbons (Fsp3) is 0.273. The molecule has 0 aromatic heterocycles. The van der Waals surface area contributed by atoms with Crippen LogP contribution in [0.4, 0.5) is 5.69 Å². The van der Waals surface area contributed by atoms with E-state index in [1.54, 1.807) is 17.0 Å². The average Bonchev–Trinajstić information content (AvgIpc) is 2.96. The number of amides is 1. The van der Waals surface area contributed by atoms with E-state index in [0.29, 0.717) is 15.1 Å². The molecule has 2 aromatic carbocycles. The van der Waals surface area contributed by atoms with E-state index in [2.05, 4.69) is 11.1 Å². The van der Waals surface area contributed by atoms with Crippen LogP contribution in [-0.2, 0) is 11.2 Å². The highest BCUT2D eigenvalue weighted by molar-refractivity contribution is 8.19. The molecule has 28 heavy (non-hydrogen) atoms. The van der Waals surface area contributed by atoms with Crippen molar-refractivity contribution in [3.8, 4) is 5.75 Å². The van der Waals surface area contributed by atoms with Crippen LogP contribution in [-0.4, -0.2) is 23.7 Å². The lowest BCUT2D eigenvalue weighted by Crippen LogP contribution is -2.29. The van der Waals surface area contributed by atoms with Crippen molar-refractivity contribution in [1.82, 2.24) is 0 Å². The standard InChI is InChI=1S/C22H21ClN2O2S/c1-14(2)24-22-25(18-7-3-6-17(23)13-18)21(26)20(28-22)12-15-8-9-19-16(11-15)5-4-10-27-19/h3,6-9,11-14H,4-5,10H2,1-2H3/b20-12-,24-22?. The van der Waals surface area contributed by atoms with E-state index in [0.717, 1.165) is 36.4 Å². The van der Waals surface area contributed by atoms with Gasteiger partial charge in [-0.1, -0.05) is 23.7 Å². The third-order valence-electron chi connectivity index (χ3n) is 4.47. The minimum absolute atomic E-state index is 0.0808. The molecule has 1 fully saturated rings. The van der Waals surface area contributed by atoms with Gasteiger partial charge in [0.2, 0.25) is 0 Å². The van der Waals surface area contributed by atoms with Gasteiger partial charge in [0.05, 0.1) is 17.2 Å². The second kappa shape index (κ2) is 8.02. The molecule has 4 rings (SSSR count). The van der Waals surface area contributed by atoms with Crippen molar-refractivity contribution in [2.24, 2.45) is 4.99 Å². The quantitative estimate of drug-likeness (QED) is 0.620. The summed E-state index contributed by atoms with van der Waals surface area (Å²) in [6.45, 7) is 4.77. The van der Waals surface area contributed by atoms with E-state index >= 15 is 0 Å². The summed E-state index contributed by atoms with van der Waals surface area (Å²) in [5, 5.41) is 1.26. The van der Waals surface area contributed by atoms with E-state index in [9.17, 15) is 4.79 Å². The molecule has 2 aliphatic heterocycles. The van der Waals surface area contributed by atoms with Crippen molar-refractivity contribution < 1.29 is 9.53 Å². The molecule has 0 atom stereocenters. The highest BCUT2D eigenvalue weighted by Gasteiger charge is 2.35. The molecule has 0 N–H and O–H groups in total. The van der Waals surface area contributed by atoms with Crippen LogP contribution in [0.3, 0.4) is 0 Å². The Bertz CT molecular complexity index is 984. The Kier molecular flexibility index (Phi) is 5.47. The molecular weight excluding hydrogens is 392 g/mol. The van der Waals surface area contributed by atoms with E-state index < -0.39 is 0 Å². The van der Waals surface area contributed by atoms with E-state index in [4.69, 9.17) is 16.3 Å². The Labute approximate surface area is 174 Å². The minimum Gasteiger partial charge on any atom is -0.493 e. The summed E-state index contributed by atoms with van der Waals surface area (Å²) in [5.74, 6) is 0.863. The summed E-state index contributed by atoms with van der Waals surface area (Å²) in [5.41, 5.74) is 2.92. The number of thioether (sulfide) groups is 1. The third-order valence-corrected chi connectivity index (χ3v) is 5.69. The van der Waals surface area contributed by atoms with Gasteiger partial charge in [-0.15, -0.1) is 0 Å². The first-order valence-electron chi connectivity index (χ1n) is 9.34. The molecule has 6 heteroatoms. The number of aryl methyl sites for hydroxylation is 1. The molecule has 0 spiro atoms. The molecule has 144 valence electrons. The summed E-state index contributed by atoms with van der Waals surface area (Å²) in [6.07, 6.45) is 3.96. The van der Waals surface area contributed by atoms with E-state index in [-0.39, 0.29) is 11.9 Å². The molecule has 2 aromatic rings. The number of halogens is 1. The molecule has 2 aliphatic rings. The number of benzene rings is 2. The lowest BCUT2D eigenvalue weighted by Gasteiger charge is -2.17. The number of carbonyl (C=O) groups excluding carboxylic acids is 1. The molecule has 1 amide bonds. The van der Waals surface area contributed by atoms with Gasteiger partial charge in [0, 0.05) is 11.1 Å². The van der Waals surface area contributed by atoms with Gasteiger partial charge >= 0.3 is 0 Å². The molecule has 0 aliphatic carbocycles. The molecular formula is C22H21ClN2O2S. The van der Waals surface area contributed by atoms with Crippen LogP contribution >= 0.6 is 23.4 Å². The highest BCUT2D eigenvalue weighted by atomic mass is 35.5. The normalized spacial score (nSPS) is 19.4. The largest absolute Gasteiger partial charge is 0.493 e. The van der Waals surface area contributed by atoms with Crippen LogP contribution in [0.5, 0.6) is 5.75 Å². The third kappa shape index (κ3) is 3.96. The van der Waals surface area contributed by atoms with Crippen molar-refractivity contribution in [2.45, 2.75) is 32.7 Å². The van der Waals surface area contributed by atoms with Crippen LogP contribution in [0, 0.1) is 0 Å². The molecule has 4 nitrogen and oxygen atoms in total. The van der Waals surface area contributed by atoms with E-state index in [1.165, 1.54) is 17.3 Å². The van der Waals surface area contributed by atoms with Gasteiger partial charge in [0.1, 0.15) is 5.75 Å². The van der Waals surface area contributed by atoms with Gasteiger partial charge in [-0.05, 0) is 86.0 Å². The maximum absolute atomic E-state index is 13.2. The van der Waals surface area contributed by atoms with Crippen molar-refractivity contribution in [3.63, 3.8) is 0 Å². The molecule has 0 saturated carbocycles. The van der Waals surface area contributed by atoms with Crippen LogP contribution in [0.15, 0.2) is 52.4 Å². The summed E-state index contributed by atoms with van der Waals surface area (Å²) >= 11 is 7.55. The average molecular weight is 413 g/mol. The molecule has 2 heterocycles. The topological polar surface area (TPSA) is 41.9 Å². The predicted molar refractivity (Wildman–Crippen MR) is 117 cm³/mol. The van der Waals surface area contributed by atoms with Crippen molar-refractivity contribution in [2.75, 3.05) is 11.5 Å². The number of aliphatic imine (C=N–C) groups is 1. The maximum Gasteiger partial charge on any atom is 0.271 e. The zero-order valence-electron chi connectivity index (χ0n) is 15.8. The fourth-order valence-corrected chi connectivity index (χ4v) is 4.54. The van der Waals surface area contributed by atoms with Gasteiger partial charge in [-0.3, -0.25) is 14.7 Å². The van der Waals surface area contributed by atoms with Crippen molar-refractivity contribution in [1.29, 1.82) is 0 Å². The van der Waals surface area contributed by atoms with Crippen LogP contribution < -0.4 is 9.64 Å². The van der Waals surface area contributed by atoms with Crippen LogP contribution in [0.1, 0.15) is 31.4 Å². The zero-order chi connectivity index (χ0) is 19.7. The monoisotopic (exact) mass is 412 g/mol. The molecule has 0 bridgehead atoms. The Balaban J connectivity index is 1.71. The second-order valence-electron chi connectivity index (χ2n) is 7.06. The summed E-state index contributed by atoms with van der Waals surface area (Å²) in [6, 6.07) is 13.5. The summed E-state index contributed by atoms with van der Waals surface area (Å²) in [4.78, 5) is 20.1. The number of carbonyl (C=O) groups is 1. The van der Waals surface area contributed by atoms with Crippen LogP contribution in [0.2, 0.25) is 5.02 Å². The number of ether oxygens (including phenoxy) is 1. The Morgan fingerprint density at radius 1 is 1.25 bits per heavy atom. The molecule has 0 radical (unpaired) electrons. The van der Waals surface area contributed by atoms with Gasteiger partial charge < -0.3 is 4.74 Å².